The average Bonchev–Trinajstić information content (AvgIpc) is 2.76. The Kier molecular flexibility index (Phi) is 7.42. The number of ether oxygens (including phenoxy) is 2. The van der Waals surface area contributed by atoms with Gasteiger partial charge in [-0.3, -0.25) is 4.79 Å². The van der Waals surface area contributed by atoms with Crippen LogP contribution in [-0.4, -0.2) is 19.1 Å². The number of hydrogen-bond acceptors (Lipinski definition) is 3. The summed E-state index contributed by atoms with van der Waals surface area (Å²) in [6.07, 6.45) is -0.288. The number of carbonyl (C=O) groups is 1. The minimum absolute atomic E-state index is 0.0180. The predicted octanol–water partition coefficient (Wildman–Crippen LogP) is 5.07. The van der Waals surface area contributed by atoms with Crippen LogP contribution >= 0.6 is 0 Å². The highest BCUT2D eigenvalue weighted by Crippen LogP contribution is 2.25. The van der Waals surface area contributed by atoms with E-state index >= 15 is 0 Å². The quantitative estimate of drug-likeness (QED) is 0.556. The van der Waals surface area contributed by atoms with E-state index in [1.54, 1.807) is 0 Å². The number of hydrogen-bond donors (Lipinski definition) is 1. The van der Waals surface area contributed by atoms with Crippen molar-refractivity contribution < 1.29 is 14.3 Å². The van der Waals surface area contributed by atoms with Gasteiger partial charge in [-0.25, -0.2) is 0 Å². The van der Waals surface area contributed by atoms with E-state index in [1.807, 2.05) is 98.8 Å². The summed E-state index contributed by atoms with van der Waals surface area (Å²) in [5, 5.41) is 3.00. The van der Waals surface area contributed by atoms with Crippen molar-refractivity contribution in [1.29, 1.82) is 0 Å². The van der Waals surface area contributed by atoms with Gasteiger partial charge in [0.2, 0.25) is 5.91 Å². The third-order valence-corrected chi connectivity index (χ3v) is 4.65. The third-order valence-electron chi connectivity index (χ3n) is 4.65. The van der Waals surface area contributed by atoms with E-state index < -0.39 is 0 Å². The third kappa shape index (κ3) is 5.93. The van der Waals surface area contributed by atoms with Crippen LogP contribution in [0.25, 0.3) is 0 Å². The zero-order valence-electron chi connectivity index (χ0n) is 16.9. The maximum Gasteiger partial charge on any atom is 0.246 e. The number of amides is 1. The fourth-order valence-corrected chi connectivity index (χ4v) is 3.19. The molecule has 3 aromatic carbocycles. The molecule has 0 saturated heterocycles. The highest BCUT2D eigenvalue weighted by atomic mass is 16.5. The molecule has 0 aliphatic carbocycles. The summed E-state index contributed by atoms with van der Waals surface area (Å²) in [7, 11) is 0. The second-order valence-corrected chi connectivity index (χ2v) is 6.80. The van der Waals surface area contributed by atoms with Gasteiger partial charge in [0.05, 0.1) is 12.6 Å². The Balaban J connectivity index is 1.61. The molecule has 0 bridgehead atoms. The molecule has 29 heavy (non-hydrogen) atoms. The van der Waals surface area contributed by atoms with Crippen LogP contribution in [0.5, 0.6) is 5.75 Å². The van der Waals surface area contributed by atoms with E-state index in [0.29, 0.717) is 6.61 Å². The van der Waals surface area contributed by atoms with Crippen molar-refractivity contribution >= 4 is 5.91 Å². The molecule has 3 aromatic rings. The maximum absolute atomic E-state index is 12.5. The first-order valence-electron chi connectivity index (χ1n) is 9.91. The van der Waals surface area contributed by atoms with Crippen LogP contribution in [0.2, 0.25) is 0 Å². The maximum atomic E-state index is 12.5. The van der Waals surface area contributed by atoms with Gasteiger partial charge in [-0.05, 0) is 42.7 Å². The summed E-state index contributed by atoms with van der Waals surface area (Å²) >= 11 is 0. The lowest BCUT2D eigenvalue weighted by atomic mass is 10.0. The summed E-state index contributed by atoms with van der Waals surface area (Å²) in [6, 6.07) is 27.5. The van der Waals surface area contributed by atoms with Gasteiger partial charge in [0.1, 0.15) is 18.5 Å². The molecule has 0 aromatic heterocycles. The lowest BCUT2D eigenvalue weighted by Crippen LogP contribution is -2.30. The summed E-state index contributed by atoms with van der Waals surface area (Å²) in [5.74, 6) is 0.676. The Morgan fingerprint density at radius 2 is 1.38 bits per heavy atom. The van der Waals surface area contributed by atoms with Crippen molar-refractivity contribution in [2.75, 3.05) is 13.2 Å². The summed E-state index contributed by atoms with van der Waals surface area (Å²) < 4.78 is 11.5. The highest BCUT2D eigenvalue weighted by molar-refractivity contribution is 5.77. The van der Waals surface area contributed by atoms with Crippen molar-refractivity contribution in [2.24, 2.45) is 0 Å². The molecule has 0 saturated carbocycles. The molecular formula is C25H27NO3. The van der Waals surface area contributed by atoms with E-state index in [0.717, 1.165) is 22.4 Å². The first-order valence-corrected chi connectivity index (χ1v) is 9.91. The monoisotopic (exact) mass is 389 g/mol. The zero-order chi connectivity index (χ0) is 20.5. The van der Waals surface area contributed by atoms with Gasteiger partial charge >= 0.3 is 0 Å². The molecule has 0 fully saturated rings. The standard InChI is InChI=1S/C25H27NO3/c1-3-28-23-16-14-20(15-17-23)19(2)26-24(27)18-29-25(21-10-6-4-7-11-21)22-12-8-5-9-13-22/h4-17,19,25H,3,18H2,1-2H3,(H,26,27). The van der Waals surface area contributed by atoms with E-state index in [2.05, 4.69) is 5.32 Å². The molecule has 0 spiro atoms. The first kappa shape index (κ1) is 20.6. The van der Waals surface area contributed by atoms with E-state index in [1.165, 1.54) is 0 Å². The average molecular weight is 389 g/mol. The number of benzene rings is 3. The van der Waals surface area contributed by atoms with Crippen LogP contribution in [-0.2, 0) is 9.53 Å². The van der Waals surface area contributed by atoms with Crippen LogP contribution in [0.3, 0.4) is 0 Å². The van der Waals surface area contributed by atoms with Crippen LogP contribution in [0.15, 0.2) is 84.9 Å². The molecule has 3 rings (SSSR count). The second kappa shape index (κ2) is 10.4. The largest absolute Gasteiger partial charge is 0.494 e. The Labute approximate surface area is 172 Å². The Hall–Kier alpha value is -3.11. The SMILES string of the molecule is CCOc1ccc(C(C)NC(=O)COC(c2ccccc2)c2ccccc2)cc1. The molecule has 150 valence electrons. The molecular weight excluding hydrogens is 362 g/mol. The number of rotatable bonds is 9. The first-order chi connectivity index (χ1) is 14.2. The molecule has 4 heteroatoms. The molecule has 1 atom stereocenters. The molecule has 0 aliphatic heterocycles. The lowest BCUT2D eigenvalue weighted by Gasteiger charge is -2.20. The normalized spacial score (nSPS) is 11.8. The van der Waals surface area contributed by atoms with Crippen molar-refractivity contribution in [1.82, 2.24) is 5.32 Å². The Bertz CT molecular complexity index is 839. The molecule has 0 radical (unpaired) electrons. The summed E-state index contributed by atoms with van der Waals surface area (Å²) in [5.41, 5.74) is 3.06. The number of nitrogens with one attached hydrogen (secondary N) is 1. The van der Waals surface area contributed by atoms with Gasteiger partial charge in [0.25, 0.3) is 0 Å². The van der Waals surface area contributed by atoms with Gasteiger partial charge in [-0.15, -0.1) is 0 Å². The fraction of sp³-hybridized carbons (Fsp3) is 0.240. The Morgan fingerprint density at radius 1 is 0.828 bits per heavy atom. The molecule has 0 heterocycles. The van der Waals surface area contributed by atoms with Gasteiger partial charge in [0.15, 0.2) is 0 Å². The molecule has 1 unspecified atom stereocenters. The van der Waals surface area contributed by atoms with Crippen molar-refractivity contribution in [3.05, 3.63) is 102 Å². The van der Waals surface area contributed by atoms with Gasteiger partial charge in [-0.1, -0.05) is 72.8 Å². The van der Waals surface area contributed by atoms with Crippen LogP contribution in [0.4, 0.5) is 0 Å². The fourth-order valence-electron chi connectivity index (χ4n) is 3.19. The molecule has 0 aliphatic rings. The topological polar surface area (TPSA) is 47.6 Å². The summed E-state index contributed by atoms with van der Waals surface area (Å²) in [6.45, 7) is 4.52. The van der Waals surface area contributed by atoms with Gasteiger partial charge in [0, 0.05) is 0 Å². The molecule has 1 amide bonds. The molecule has 1 N–H and O–H groups in total. The van der Waals surface area contributed by atoms with Crippen molar-refractivity contribution in [3.63, 3.8) is 0 Å². The summed E-state index contributed by atoms with van der Waals surface area (Å²) in [4.78, 5) is 12.5. The van der Waals surface area contributed by atoms with Crippen LogP contribution in [0, 0.1) is 0 Å². The van der Waals surface area contributed by atoms with E-state index in [-0.39, 0.29) is 24.7 Å². The highest BCUT2D eigenvalue weighted by Gasteiger charge is 2.17. The lowest BCUT2D eigenvalue weighted by molar-refractivity contribution is -0.127. The van der Waals surface area contributed by atoms with Gasteiger partial charge < -0.3 is 14.8 Å². The van der Waals surface area contributed by atoms with Crippen molar-refractivity contribution in [3.8, 4) is 5.75 Å². The zero-order valence-corrected chi connectivity index (χ0v) is 16.9. The minimum Gasteiger partial charge on any atom is -0.494 e. The van der Waals surface area contributed by atoms with Crippen LogP contribution < -0.4 is 10.1 Å². The van der Waals surface area contributed by atoms with E-state index in [4.69, 9.17) is 9.47 Å². The predicted molar refractivity (Wildman–Crippen MR) is 115 cm³/mol. The molecule has 4 nitrogen and oxygen atoms in total. The van der Waals surface area contributed by atoms with Crippen LogP contribution in [0.1, 0.15) is 42.7 Å². The smallest absolute Gasteiger partial charge is 0.246 e. The minimum atomic E-state index is -0.288. The second-order valence-electron chi connectivity index (χ2n) is 6.80. The van der Waals surface area contributed by atoms with E-state index in [9.17, 15) is 4.79 Å². The van der Waals surface area contributed by atoms with Gasteiger partial charge in [-0.2, -0.15) is 0 Å². The van der Waals surface area contributed by atoms with Crippen molar-refractivity contribution in [2.45, 2.75) is 26.0 Å². The Morgan fingerprint density at radius 3 is 1.90 bits per heavy atom. The number of carbonyl (C=O) groups excluding carboxylic acids is 1.